The van der Waals surface area contributed by atoms with E-state index in [9.17, 15) is 4.79 Å². The summed E-state index contributed by atoms with van der Waals surface area (Å²) < 4.78 is 7.57. The van der Waals surface area contributed by atoms with Gasteiger partial charge in [0.2, 0.25) is 0 Å². The van der Waals surface area contributed by atoms with Gasteiger partial charge in [-0.1, -0.05) is 0 Å². The minimum Gasteiger partial charge on any atom is -0.464 e. The second-order valence-electron chi connectivity index (χ2n) is 3.60. The van der Waals surface area contributed by atoms with Crippen molar-refractivity contribution in [3.63, 3.8) is 0 Å². The number of imidazole rings is 1. The number of fused-ring (bicyclic) bond motifs is 1. The number of nitrogens with zero attached hydrogens (tertiary/aromatic N) is 2. The van der Waals surface area contributed by atoms with E-state index in [1.165, 1.54) is 7.11 Å². The lowest BCUT2D eigenvalue weighted by molar-refractivity contribution is 0.0592. The van der Waals surface area contributed by atoms with Crippen LogP contribution in [0.25, 0.3) is 5.65 Å². The molecule has 0 aromatic carbocycles. The number of pyridine rings is 1. The Morgan fingerprint density at radius 1 is 1.50 bits per heavy atom. The van der Waals surface area contributed by atoms with Gasteiger partial charge in [0.05, 0.1) is 16.4 Å². The van der Waals surface area contributed by atoms with Gasteiger partial charge in [-0.25, -0.2) is 9.78 Å². The molecule has 0 N–H and O–H groups in total. The van der Waals surface area contributed by atoms with E-state index in [1.54, 1.807) is 4.40 Å². The molecule has 0 radical (unpaired) electrons. The zero-order chi connectivity index (χ0) is 11.9. The second kappa shape index (κ2) is 4.04. The molecular weight excluding hydrogens is 319 g/mol. The average molecular weight is 330 g/mol. The Hall–Kier alpha value is -1.11. The molecule has 0 saturated carbocycles. The first-order valence-corrected chi connectivity index (χ1v) is 5.85. The SMILES string of the molecule is COC(=O)c1c(C)nc2c(I)cc(C)cn12. The fraction of sp³-hybridized carbons (Fsp3) is 0.273. The molecule has 0 aliphatic rings. The first-order valence-electron chi connectivity index (χ1n) is 4.77. The van der Waals surface area contributed by atoms with Gasteiger partial charge in [0.1, 0.15) is 0 Å². The molecule has 0 bridgehead atoms. The summed E-state index contributed by atoms with van der Waals surface area (Å²) in [6, 6.07) is 2.03. The van der Waals surface area contributed by atoms with Crippen LogP contribution >= 0.6 is 22.6 Å². The molecule has 2 aromatic heterocycles. The summed E-state index contributed by atoms with van der Waals surface area (Å²) >= 11 is 2.21. The number of carbonyl (C=O) groups is 1. The van der Waals surface area contributed by atoms with Gasteiger partial charge < -0.3 is 4.74 Å². The summed E-state index contributed by atoms with van der Waals surface area (Å²) in [7, 11) is 1.38. The van der Waals surface area contributed by atoms with Crippen LogP contribution in [0.3, 0.4) is 0 Å². The van der Waals surface area contributed by atoms with E-state index in [0.717, 1.165) is 14.8 Å². The van der Waals surface area contributed by atoms with Crippen molar-refractivity contribution in [1.29, 1.82) is 0 Å². The quantitative estimate of drug-likeness (QED) is 0.595. The first-order chi connectivity index (χ1) is 7.54. The molecule has 0 aliphatic heterocycles. The summed E-state index contributed by atoms with van der Waals surface area (Å²) in [5.74, 6) is -0.355. The summed E-state index contributed by atoms with van der Waals surface area (Å²) in [5.41, 5.74) is 3.07. The first kappa shape index (κ1) is 11.4. The fourth-order valence-corrected chi connectivity index (χ4v) is 2.56. The summed E-state index contributed by atoms with van der Waals surface area (Å²) in [4.78, 5) is 16.0. The van der Waals surface area contributed by atoms with E-state index in [1.807, 2.05) is 26.1 Å². The lowest BCUT2D eigenvalue weighted by atomic mass is 10.3. The monoisotopic (exact) mass is 330 g/mol. The Morgan fingerprint density at radius 2 is 2.19 bits per heavy atom. The molecular formula is C11H11IN2O2. The van der Waals surface area contributed by atoms with E-state index in [0.29, 0.717) is 11.4 Å². The van der Waals surface area contributed by atoms with Gasteiger partial charge in [0.15, 0.2) is 11.3 Å². The highest BCUT2D eigenvalue weighted by Crippen LogP contribution is 2.19. The summed E-state index contributed by atoms with van der Waals surface area (Å²) in [5, 5.41) is 0. The van der Waals surface area contributed by atoms with Crippen molar-refractivity contribution in [2.45, 2.75) is 13.8 Å². The van der Waals surface area contributed by atoms with Crippen molar-refractivity contribution in [3.05, 3.63) is 32.8 Å². The molecule has 0 spiro atoms. The highest BCUT2D eigenvalue weighted by atomic mass is 127. The molecule has 2 rings (SSSR count). The largest absolute Gasteiger partial charge is 0.464 e. The molecule has 0 fully saturated rings. The standard InChI is InChI=1S/C11H11IN2O2/c1-6-4-8(12)10-13-7(2)9(11(15)16-3)14(10)5-6/h4-5H,1-3H3. The molecule has 0 amide bonds. The van der Waals surface area contributed by atoms with Gasteiger partial charge in [0.25, 0.3) is 0 Å². The van der Waals surface area contributed by atoms with E-state index in [4.69, 9.17) is 4.74 Å². The van der Waals surface area contributed by atoms with Crippen LogP contribution in [0.5, 0.6) is 0 Å². The highest BCUT2D eigenvalue weighted by Gasteiger charge is 2.18. The van der Waals surface area contributed by atoms with Crippen LogP contribution in [0.1, 0.15) is 21.7 Å². The van der Waals surface area contributed by atoms with E-state index >= 15 is 0 Å². The van der Waals surface area contributed by atoms with Crippen molar-refractivity contribution >= 4 is 34.2 Å². The fourth-order valence-electron chi connectivity index (χ4n) is 1.69. The maximum absolute atomic E-state index is 11.6. The predicted molar refractivity (Wildman–Crippen MR) is 68.7 cm³/mol. The van der Waals surface area contributed by atoms with Gasteiger partial charge >= 0.3 is 5.97 Å². The van der Waals surface area contributed by atoms with Gasteiger partial charge in [-0.15, -0.1) is 0 Å². The Bertz CT molecular complexity index is 575. The van der Waals surface area contributed by atoms with Gasteiger partial charge in [0, 0.05) is 6.20 Å². The predicted octanol–water partition coefficient (Wildman–Crippen LogP) is 2.34. The third kappa shape index (κ3) is 1.68. The molecule has 0 atom stereocenters. The minimum atomic E-state index is -0.355. The van der Waals surface area contributed by atoms with Crippen LogP contribution in [-0.4, -0.2) is 22.5 Å². The van der Waals surface area contributed by atoms with Gasteiger partial charge in [-0.3, -0.25) is 4.40 Å². The Morgan fingerprint density at radius 3 is 2.81 bits per heavy atom. The minimum absolute atomic E-state index is 0.355. The maximum Gasteiger partial charge on any atom is 0.356 e. The highest BCUT2D eigenvalue weighted by molar-refractivity contribution is 14.1. The zero-order valence-corrected chi connectivity index (χ0v) is 11.4. The molecule has 2 heterocycles. The normalized spacial score (nSPS) is 10.8. The van der Waals surface area contributed by atoms with Crippen molar-refractivity contribution in [2.75, 3.05) is 7.11 Å². The van der Waals surface area contributed by atoms with Crippen molar-refractivity contribution in [1.82, 2.24) is 9.38 Å². The number of hydrogen-bond donors (Lipinski definition) is 0. The molecule has 0 unspecified atom stereocenters. The van der Waals surface area contributed by atoms with Crippen LogP contribution in [0, 0.1) is 17.4 Å². The lowest BCUT2D eigenvalue weighted by Crippen LogP contribution is -2.07. The van der Waals surface area contributed by atoms with Gasteiger partial charge in [-0.05, 0) is 48.1 Å². The number of carbonyl (C=O) groups excluding carboxylic acids is 1. The average Bonchev–Trinajstić information content (AvgIpc) is 2.54. The molecule has 0 saturated heterocycles. The Kier molecular flexibility index (Phi) is 2.88. The third-order valence-electron chi connectivity index (χ3n) is 2.36. The second-order valence-corrected chi connectivity index (χ2v) is 4.76. The Labute approximate surface area is 107 Å². The van der Waals surface area contributed by atoms with E-state index in [2.05, 4.69) is 27.6 Å². The number of esters is 1. The number of rotatable bonds is 1. The van der Waals surface area contributed by atoms with Crippen molar-refractivity contribution in [3.8, 4) is 0 Å². The van der Waals surface area contributed by atoms with Gasteiger partial charge in [-0.2, -0.15) is 0 Å². The number of halogens is 1. The van der Waals surface area contributed by atoms with Crippen molar-refractivity contribution < 1.29 is 9.53 Å². The smallest absolute Gasteiger partial charge is 0.356 e. The molecule has 5 heteroatoms. The van der Waals surface area contributed by atoms with E-state index < -0.39 is 0 Å². The maximum atomic E-state index is 11.6. The lowest BCUT2D eigenvalue weighted by Gasteiger charge is -2.03. The molecule has 84 valence electrons. The summed E-state index contributed by atoms with van der Waals surface area (Å²) in [6.45, 7) is 3.79. The molecule has 4 nitrogen and oxygen atoms in total. The topological polar surface area (TPSA) is 43.6 Å². The van der Waals surface area contributed by atoms with Crippen LogP contribution < -0.4 is 0 Å². The number of ether oxygens (including phenoxy) is 1. The molecule has 16 heavy (non-hydrogen) atoms. The summed E-state index contributed by atoms with van der Waals surface area (Å²) in [6.07, 6.45) is 1.89. The van der Waals surface area contributed by atoms with Crippen LogP contribution in [0.2, 0.25) is 0 Å². The Balaban J connectivity index is 2.83. The van der Waals surface area contributed by atoms with E-state index in [-0.39, 0.29) is 5.97 Å². The van der Waals surface area contributed by atoms with Crippen LogP contribution in [-0.2, 0) is 4.74 Å². The number of hydrogen-bond acceptors (Lipinski definition) is 3. The van der Waals surface area contributed by atoms with Crippen molar-refractivity contribution in [2.24, 2.45) is 0 Å². The number of aromatic nitrogens is 2. The zero-order valence-electron chi connectivity index (χ0n) is 9.24. The number of aryl methyl sites for hydroxylation is 2. The number of methoxy groups -OCH3 is 1. The third-order valence-corrected chi connectivity index (χ3v) is 3.16. The van der Waals surface area contributed by atoms with Crippen LogP contribution in [0.4, 0.5) is 0 Å². The molecule has 2 aromatic rings. The molecule has 0 aliphatic carbocycles. The van der Waals surface area contributed by atoms with Crippen LogP contribution in [0.15, 0.2) is 12.3 Å².